The molecule has 5 heteroatoms. The Morgan fingerprint density at radius 1 is 1.04 bits per heavy atom. The van der Waals surface area contributed by atoms with Gasteiger partial charge in [0.05, 0.1) is 6.61 Å². The van der Waals surface area contributed by atoms with Gasteiger partial charge in [0.1, 0.15) is 11.3 Å². The monoisotopic (exact) mass is 359 g/mol. The molecule has 142 valence electrons. The van der Waals surface area contributed by atoms with Gasteiger partial charge in [-0.1, -0.05) is 39.0 Å². The molecule has 5 nitrogen and oxygen atoms in total. The van der Waals surface area contributed by atoms with E-state index in [9.17, 15) is 9.59 Å². The molecule has 0 saturated heterocycles. The average molecular weight is 359 g/mol. The molecule has 0 aliphatic rings. The molecule has 1 amide bonds. The van der Waals surface area contributed by atoms with Crippen LogP contribution in [0.1, 0.15) is 58.3 Å². The van der Waals surface area contributed by atoms with E-state index in [0.29, 0.717) is 30.8 Å². The van der Waals surface area contributed by atoms with E-state index in [0.717, 1.165) is 18.4 Å². The highest BCUT2D eigenvalue weighted by atomic mass is 16.5. The third-order valence-corrected chi connectivity index (χ3v) is 4.26. The molecule has 0 atom stereocenters. The summed E-state index contributed by atoms with van der Waals surface area (Å²) in [5.74, 6) is 0.714. The predicted molar refractivity (Wildman–Crippen MR) is 104 cm³/mol. The Hall–Kier alpha value is -2.30. The van der Waals surface area contributed by atoms with Crippen LogP contribution in [0, 0.1) is 0 Å². The molecule has 0 aliphatic heterocycles. The van der Waals surface area contributed by atoms with Gasteiger partial charge in [-0.15, -0.1) is 0 Å². The second kappa shape index (κ2) is 11.3. The van der Waals surface area contributed by atoms with E-state index in [2.05, 4.69) is 12.2 Å². The molecule has 0 bridgehead atoms. The van der Waals surface area contributed by atoms with E-state index in [-0.39, 0.29) is 11.5 Å². The number of amides is 1. The van der Waals surface area contributed by atoms with Crippen molar-refractivity contribution >= 4 is 16.9 Å². The maximum Gasteiger partial charge on any atom is 0.336 e. The van der Waals surface area contributed by atoms with Gasteiger partial charge in [-0.05, 0) is 31.0 Å². The highest BCUT2D eigenvalue weighted by molar-refractivity contribution is 5.77. The van der Waals surface area contributed by atoms with Crippen LogP contribution < -0.4 is 15.7 Å². The number of nitrogens with one attached hydrogen (secondary N) is 1. The minimum atomic E-state index is -0.378. The number of benzene rings is 1. The van der Waals surface area contributed by atoms with Crippen molar-refractivity contribution in [2.75, 3.05) is 13.2 Å². The van der Waals surface area contributed by atoms with Gasteiger partial charge in [0, 0.05) is 30.5 Å². The molecule has 1 aromatic heterocycles. The average Bonchev–Trinajstić information content (AvgIpc) is 2.64. The molecule has 1 aromatic carbocycles. The van der Waals surface area contributed by atoms with Crippen molar-refractivity contribution in [3.8, 4) is 5.75 Å². The minimum absolute atomic E-state index is 0.0756. The molecule has 0 spiro atoms. The highest BCUT2D eigenvalue weighted by Gasteiger charge is 2.03. The second-order valence-corrected chi connectivity index (χ2v) is 6.52. The number of ether oxygens (including phenoxy) is 1. The SMILES string of the molecule is CCCCCCCCNC(=O)CCCOc1ccc2ccc(=O)oc2c1. The van der Waals surface area contributed by atoms with Crippen molar-refractivity contribution in [1.29, 1.82) is 0 Å². The van der Waals surface area contributed by atoms with Crippen molar-refractivity contribution in [2.24, 2.45) is 0 Å². The molecular formula is C21H29NO4. The van der Waals surface area contributed by atoms with Crippen LogP contribution in [0.3, 0.4) is 0 Å². The third-order valence-electron chi connectivity index (χ3n) is 4.26. The minimum Gasteiger partial charge on any atom is -0.493 e. The molecule has 0 aliphatic carbocycles. The number of fused-ring (bicyclic) bond motifs is 1. The zero-order valence-corrected chi connectivity index (χ0v) is 15.6. The Morgan fingerprint density at radius 3 is 2.65 bits per heavy atom. The summed E-state index contributed by atoms with van der Waals surface area (Å²) < 4.78 is 10.8. The third kappa shape index (κ3) is 7.30. The van der Waals surface area contributed by atoms with Crippen molar-refractivity contribution < 1.29 is 13.9 Å². The first-order chi connectivity index (χ1) is 12.7. The van der Waals surface area contributed by atoms with Gasteiger partial charge in [0.2, 0.25) is 5.91 Å². The van der Waals surface area contributed by atoms with Crippen LogP contribution in [-0.4, -0.2) is 19.1 Å². The van der Waals surface area contributed by atoms with Gasteiger partial charge in [-0.3, -0.25) is 4.79 Å². The Bertz CT molecular complexity index is 738. The molecule has 1 heterocycles. The van der Waals surface area contributed by atoms with Crippen LogP contribution in [0.5, 0.6) is 5.75 Å². The lowest BCUT2D eigenvalue weighted by Crippen LogP contribution is -2.24. The fourth-order valence-corrected chi connectivity index (χ4v) is 2.78. The summed E-state index contributed by atoms with van der Waals surface area (Å²) in [5.41, 5.74) is 0.128. The summed E-state index contributed by atoms with van der Waals surface area (Å²) in [4.78, 5) is 23.0. The quantitative estimate of drug-likeness (QED) is 0.450. The van der Waals surface area contributed by atoms with Crippen LogP contribution in [0.25, 0.3) is 11.0 Å². The summed E-state index contributed by atoms with van der Waals surface area (Å²) in [6.45, 7) is 3.42. The summed E-state index contributed by atoms with van der Waals surface area (Å²) in [6, 6.07) is 8.50. The van der Waals surface area contributed by atoms with E-state index in [1.54, 1.807) is 12.1 Å². The molecule has 0 saturated carbocycles. The van der Waals surface area contributed by atoms with Gasteiger partial charge < -0.3 is 14.5 Å². The molecular weight excluding hydrogens is 330 g/mol. The molecule has 26 heavy (non-hydrogen) atoms. The zero-order valence-electron chi connectivity index (χ0n) is 15.6. The smallest absolute Gasteiger partial charge is 0.336 e. The Morgan fingerprint density at radius 2 is 1.81 bits per heavy atom. The lowest BCUT2D eigenvalue weighted by atomic mass is 10.1. The molecule has 1 N–H and O–H groups in total. The number of carbonyl (C=O) groups is 1. The molecule has 0 fully saturated rings. The number of rotatable bonds is 12. The lowest BCUT2D eigenvalue weighted by Gasteiger charge is -2.08. The van der Waals surface area contributed by atoms with Gasteiger partial charge in [-0.2, -0.15) is 0 Å². The summed E-state index contributed by atoms with van der Waals surface area (Å²) in [5, 5.41) is 3.81. The van der Waals surface area contributed by atoms with Gasteiger partial charge in [0.15, 0.2) is 0 Å². The first kappa shape index (κ1) is 20.0. The number of hydrogen-bond acceptors (Lipinski definition) is 4. The highest BCUT2D eigenvalue weighted by Crippen LogP contribution is 2.19. The van der Waals surface area contributed by atoms with Gasteiger partial charge in [0.25, 0.3) is 0 Å². The maximum absolute atomic E-state index is 11.8. The normalized spacial score (nSPS) is 10.8. The Balaban J connectivity index is 1.58. The first-order valence-corrected chi connectivity index (χ1v) is 9.62. The Labute approximate surface area is 154 Å². The first-order valence-electron chi connectivity index (χ1n) is 9.62. The maximum atomic E-state index is 11.8. The standard InChI is InChI=1S/C21H29NO4/c1-2-3-4-5-6-7-14-22-20(23)9-8-15-25-18-12-10-17-11-13-21(24)26-19(17)16-18/h10-13,16H,2-9,14-15H2,1H3,(H,22,23). The largest absolute Gasteiger partial charge is 0.493 e. The Kier molecular flexibility index (Phi) is 8.73. The second-order valence-electron chi connectivity index (χ2n) is 6.52. The van der Waals surface area contributed by atoms with Crippen molar-refractivity contribution in [3.05, 3.63) is 40.8 Å². The summed E-state index contributed by atoms with van der Waals surface area (Å²) in [7, 11) is 0. The van der Waals surface area contributed by atoms with Crippen LogP contribution in [0.4, 0.5) is 0 Å². The van der Waals surface area contributed by atoms with Crippen LogP contribution in [0.2, 0.25) is 0 Å². The fraction of sp³-hybridized carbons (Fsp3) is 0.524. The fourth-order valence-electron chi connectivity index (χ4n) is 2.78. The van der Waals surface area contributed by atoms with Crippen molar-refractivity contribution in [2.45, 2.75) is 58.3 Å². The molecule has 2 rings (SSSR count). The van der Waals surface area contributed by atoms with Gasteiger partial charge in [-0.25, -0.2) is 4.79 Å². The van der Waals surface area contributed by atoms with E-state index in [1.807, 2.05) is 12.1 Å². The predicted octanol–water partition coefficient (Wildman–Crippen LogP) is 4.43. The molecule has 0 unspecified atom stereocenters. The topological polar surface area (TPSA) is 68.5 Å². The number of carbonyl (C=O) groups excluding carboxylic acids is 1. The van der Waals surface area contributed by atoms with Crippen LogP contribution in [-0.2, 0) is 4.79 Å². The number of hydrogen-bond donors (Lipinski definition) is 1. The number of unbranched alkanes of at least 4 members (excludes halogenated alkanes) is 5. The lowest BCUT2D eigenvalue weighted by molar-refractivity contribution is -0.121. The summed E-state index contributed by atoms with van der Waals surface area (Å²) >= 11 is 0. The molecule has 2 aromatic rings. The zero-order chi connectivity index (χ0) is 18.6. The van der Waals surface area contributed by atoms with Crippen LogP contribution in [0.15, 0.2) is 39.5 Å². The molecule has 0 radical (unpaired) electrons. The van der Waals surface area contributed by atoms with E-state index >= 15 is 0 Å². The van der Waals surface area contributed by atoms with E-state index in [1.165, 1.54) is 38.2 Å². The van der Waals surface area contributed by atoms with Gasteiger partial charge >= 0.3 is 5.63 Å². The van der Waals surface area contributed by atoms with Crippen LogP contribution >= 0.6 is 0 Å². The van der Waals surface area contributed by atoms with Crippen molar-refractivity contribution in [3.63, 3.8) is 0 Å². The van der Waals surface area contributed by atoms with E-state index < -0.39 is 0 Å². The van der Waals surface area contributed by atoms with Crippen molar-refractivity contribution in [1.82, 2.24) is 5.32 Å². The van der Waals surface area contributed by atoms with E-state index in [4.69, 9.17) is 9.15 Å². The summed E-state index contributed by atoms with van der Waals surface area (Å²) in [6.07, 6.45) is 8.44.